The molecule has 4 N–H and O–H groups in total. The molecule has 0 radical (unpaired) electrons. The first-order chi connectivity index (χ1) is 9.93. The fraction of sp³-hybridized carbons (Fsp3) is 0.545. The highest BCUT2D eigenvalue weighted by Gasteiger charge is 2.56. The molecule has 0 amide bonds. The van der Waals surface area contributed by atoms with Crippen molar-refractivity contribution in [3.05, 3.63) is 16.8 Å². The Morgan fingerprint density at radius 1 is 1.67 bits per heavy atom. The summed E-state index contributed by atoms with van der Waals surface area (Å²) in [6.45, 7) is -1.56. The van der Waals surface area contributed by atoms with Gasteiger partial charge in [-0.3, -0.25) is 4.57 Å². The molecule has 0 saturated carbocycles. The number of anilines is 1. The summed E-state index contributed by atoms with van der Waals surface area (Å²) in [5.74, 6) is 4.16. The molecule has 1 saturated heterocycles. The first kappa shape index (κ1) is 15.7. The van der Waals surface area contributed by atoms with Crippen LogP contribution in [0.15, 0.2) is 11.1 Å². The summed E-state index contributed by atoms with van der Waals surface area (Å²) in [5.41, 5.74) is 4.45. The van der Waals surface area contributed by atoms with Crippen molar-refractivity contribution < 1.29 is 19.3 Å². The predicted octanol–water partition coefficient (Wildman–Crippen LogP) is -1.58. The van der Waals surface area contributed by atoms with E-state index >= 15 is 0 Å². The number of halogens is 2. The number of aromatic nitrogens is 3. The van der Waals surface area contributed by atoms with E-state index in [1.807, 2.05) is 0 Å². The van der Waals surface area contributed by atoms with E-state index in [1.54, 1.807) is 0 Å². The van der Waals surface area contributed by atoms with Crippen molar-refractivity contribution >= 4 is 17.5 Å². The van der Waals surface area contributed by atoms with E-state index < -0.39 is 42.3 Å². The van der Waals surface area contributed by atoms with Gasteiger partial charge in [0.2, 0.25) is 5.95 Å². The van der Waals surface area contributed by atoms with Gasteiger partial charge in [0.05, 0.1) is 6.61 Å². The van der Waals surface area contributed by atoms with Gasteiger partial charge in [-0.05, 0) is 0 Å². The molecule has 2 heterocycles. The van der Waals surface area contributed by atoms with Crippen molar-refractivity contribution in [2.24, 2.45) is 0 Å². The van der Waals surface area contributed by atoms with Crippen molar-refractivity contribution in [3.63, 3.8) is 0 Å². The minimum atomic E-state index is -1.83. The number of ether oxygens (including phenoxy) is 1. The molecule has 1 unspecified atom stereocenters. The summed E-state index contributed by atoms with van der Waals surface area (Å²) in [6, 6.07) is 0. The van der Waals surface area contributed by atoms with Gasteiger partial charge in [-0.25, -0.2) is 14.2 Å². The van der Waals surface area contributed by atoms with Crippen molar-refractivity contribution in [1.82, 2.24) is 14.5 Å². The fourth-order valence-corrected chi connectivity index (χ4v) is 2.35. The molecule has 0 aromatic carbocycles. The maximum Gasteiger partial charge on any atom is 0.354 e. The second kappa shape index (κ2) is 5.95. The molecule has 8 nitrogen and oxygen atoms in total. The van der Waals surface area contributed by atoms with Gasteiger partial charge in [0.1, 0.15) is 25.2 Å². The van der Waals surface area contributed by atoms with Crippen molar-refractivity contribution in [1.29, 1.82) is 0 Å². The molecule has 4 atom stereocenters. The molecule has 0 aliphatic carbocycles. The Morgan fingerprint density at radius 3 is 2.95 bits per heavy atom. The molecule has 2 rings (SSSR count). The van der Waals surface area contributed by atoms with Crippen LogP contribution in [0, 0.1) is 11.8 Å². The average molecular weight is 319 g/mol. The third-order valence-corrected chi connectivity index (χ3v) is 3.48. The molecule has 1 aromatic heterocycles. The Bertz CT molecular complexity index is 645. The van der Waals surface area contributed by atoms with Gasteiger partial charge < -0.3 is 20.7 Å². The highest BCUT2D eigenvalue weighted by Crippen LogP contribution is 2.42. The van der Waals surface area contributed by atoms with Gasteiger partial charge in [0.25, 0.3) is 0 Å². The molecule has 10 heteroatoms. The molecule has 21 heavy (non-hydrogen) atoms. The lowest BCUT2D eigenvalue weighted by Gasteiger charge is -2.25. The lowest BCUT2D eigenvalue weighted by molar-refractivity contribution is -0.0467. The molecule has 1 aliphatic rings. The summed E-state index contributed by atoms with van der Waals surface area (Å²) in [7, 11) is 0. The normalized spacial score (nSPS) is 31.7. The third kappa shape index (κ3) is 2.71. The van der Waals surface area contributed by atoms with Crippen LogP contribution in [0.4, 0.5) is 10.3 Å². The molecule has 1 fully saturated rings. The summed E-state index contributed by atoms with van der Waals surface area (Å²) in [4.78, 5) is 17.0. The van der Waals surface area contributed by atoms with Crippen LogP contribution in [-0.2, 0) is 4.74 Å². The first-order valence-electron chi connectivity index (χ1n) is 5.84. The number of hydrogen-bond donors (Lipinski definition) is 3. The minimum Gasteiger partial charge on any atom is -0.394 e. The lowest BCUT2D eigenvalue weighted by Crippen LogP contribution is -2.43. The number of nitrogens with two attached hydrogens (primary N) is 1. The second-order valence-electron chi connectivity index (χ2n) is 4.26. The van der Waals surface area contributed by atoms with Crippen LogP contribution in [0.5, 0.6) is 0 Å². The number of rotatable bonds is 2. The third-order valence-electron chi connectivity index (χ3n) is 2.97. The Balaban J connectivity index is 2.51. The van der Waals surface area contributed by atoms with Crippen LogP contribution in [0.3, 0.4) is 0 Å². The SMILES string of the molecule is Nc1ncn([C@@H]2O[C@H](CO)[C@H](O)C2(Cl)C#CCF)c(=O)n1. The van der Waals surface area contributed by atoms with Crippen LogP contribution in [0.25, 0.3) is 0 Å². The number of aliphatic hydroxyl groups is 2. The molecular formula is C11H12ClFN4O4. The lowest BCUT2D eigenvalue weighted by atomic mass is 9.99. The quantitative estimate of drug-likeness (QED) is 0.444. The summed E-state index contributed by atoms with van der Waals surface area (Å²) < 4.78 is 18.5. The van der Waals surface area contributed by atoms with E-state index in [-0.39, 0.29) is 5.95 Å². The van der Waals surface area contributed by atoms with Gasteiger partial charge >= 0.3 is 5.69 Å². The summed E-state index contributed by atoms with van der Waals surface area (Å²) in [5, 5.41) is 19.3. The van der Waals surface area contributed by atoms with E-state index in [9.17, 15) is 14.3 Å². The smallest absolute Gasteiger partial charge is 0.354 e. The number of alkyl halides is 2. The van der Waals surface area contributed by atoms with Crippen LogP contribution in [0.2, 0.25) is 0 Å². The average Bonchev–Trinajstić information content (AvgIpc) is 2.70. The molecule has 0 bridgehead atoms. The predicted molar refractivity (Wildman–Crippen MR) is 70.0 cm³/mol. The van der Waals surface area contributed by atoms with Gasteiger partial charge in [-0.15, -0.1) is 0 Å². The highest BCUT2D eigenvalue weighted by atomic mass is 35.5. The van der Waals surface area contributed by atoms with Crippen LogP contribution < -0.4 is 11.4 Å². The van der Waals surface area contributed by atoms with Gasteiger partial charge in [0, 0.05) is 0 Å². The maximum absolute atomic E-state index is 12.3. The molecule has 0 spiro atoms. The van der Waals surface area contributed by atoms with Gasteiger partial charge in [-0.1, -0.05) is 23.4 Å². The summed E-state index contributed by atoms with van der Waals surface area (Å²) >= 11 is 6.21. The van der Waals surface area contributed by atoms with E-state index in [2.05, 4.69) is 21.8 Å². The zero-order valence-electron chi connectivity index (χ0n) is 10.6. The number of nitrogen functional groups attached to an aromatic ring is 1. The van der Waals surface area contributed by atoms with E-state index in [1.165, 1.54) is 0 Å². The second-order valence-corrected chi connectivity index (χ2v) is 4.89. The Hall–Kier alpha value is -1.73. The molecule has 1 aliphatic heterocycles. The number of aliphatic hydroxyl groups excluding tert-OH is 2. The monoisotopic (exact) mass is 318 g/mol. The largest absolute Gasteiger partial charge is 0.394 e. The highest BCUT2D eigenvalue weighted by molar-refractivity contribution is 6.27. The molecule has 1 aromatic rings. The number of nitrogens with zero attached hydrogens (tertiary/aromatic N) is 3. The number of hydrogen-bond acceptors (Lipinski definition) is 7. The van der Waals surface area contributed by atoms with E-state index in [0.717, 1.165) is 10.9 Å². The van der Waals surface area contributed by atoms with E-state index in [4.69, 9.17) is 27.2 Å². The summed E-state index contributed by atoms with van der Waals surface area (Å²) in [6.07, 6.45) is -2.82. The molecule has 114 valence electrons. The van der Waals surface area contributed by atoms with Crippen LogP contribution in [-0.4, -0.2) is 55.1 Å². The molecular weight excluding hydrogens is 307 g/mol. The van der Waals surface area contributed by atoms with Crippen molar-refractivity contribution in [3.8, 4) is 11.8 Å². The zero-order chi connectivity index (χ0) is 15.6. The Kier molecular flexibility index (Phi) is 4.43. The first-order valence-corrected chi connectivity index (χ1v) is 6.21. The van der Waals surface area contributed by atoms with Crippen LogP contribution >= 0.6 is 11.6 Å². The van der Waals surface area contributed by atoms with Crippen molar-refractivity contribution in [2.45, 2.75) is 23.3 Å². The van der Waals surface area contributed by atoms with Gasteiger partial charge in [-0.2, -0.15) is 4.98 Å². The van der Waals surface area contributed by atoms with Crippen LogP contribution in [0.1, 0.15) is 6.23 Å². The van der Waals surface area contributed by atoms with Gasteiger partial charge in [0.15, 0.2) is 11.1 Å². The van der Waals surface area contributed by atoms with E-state index in [0.29, 0.717) is 0 Å². The Morgan fingerprint density at radius 2 is 2.38 bits per heavy atom. The zero-order valence-corrected chi connectivity index (χ0v) is 11.4. The maximum atomic E-state index is 12.3. The van der Waals surface area contributed by atoms with Crippen molar-refractivity contribution in [2.75, 3.05) is 19.0 Å². The standard InChI is InChI=1S/C11H12ClFN4O4/c12-11(2-1-3-13)7(19)6(4-18)21-8(11)17-5-15-9(14)16-10(17)20/h5-8,18-19H,3-4H2,(H2,14,16,20)/t6-,7+,8-,11?/m1/s1. The minimum absolute atomic E-state index is 0.247. The topological polar surface area (TPSA) is 123 Å². The Labute approximate surface area is 123 Å². The fourth-order valence-electron chi connectivity index (χ4n) is 1.99.